The first-order chi connectivity index (χ1) is 20.0. The molecule has 0 saturated carbocycles. The topological polar surface area (TPSA) is 139 Å². The molecule has 0 radical (unpaired) electrons. The molecular weight excluding hydrogens is 605 g/mol. The predicted molar refractivity (Wildman–Crippen MR) is 160 cm³/mol. The summed E-state index contributed by atoms with van der Waals surface area (Å²) < 4.78 is 0. The highest BCUT2D eigenvalue weighted by molar-refractivity contribution is 6.68. The molecule has 0 aliphatic heterocycles. The van der Waals surface area contributed by atoms with Gasteiger partial charge in [-0.15, -0.1) is 0 Å². The van der Waals surface area contributed by atoms with E-state index in [1.165, 1.54) is 91.0 Å². The monoisotopic (exact) mass is 621 g/mol. The van der Waals surface area contributed by atoms with E-state index in [1.54, 1.807) is 0 Å². The standard InChI is InChI=1S/C30H18Cl3N3O6/c31-25(37)16-1-7-22(8-2-16)34-28(40)19-13-20(29(41)35-23-9-3-17(4-10-23)26(32)38)15-21(14-19)30(42)36-24-11-5-18(6-12-24)27(33)39/h1-15H,(H,34,40)(H,35,41)(H,36,42). The Bertz CT molecular complexity index is 1510. The average molecular weight is 623 g/mol. The number of benzene rings is 4. The number of carbonyl (C=O) groups is 6. The summed E-state index contributed by atoms with van der Waals surface area (Å²) in [7, 11) is 0. The molecule has 210 valence electrons. The van der Waals surface area contributed by atoms with Crippen molar-refractivity contribution in [2.75, 3.05) is 16.0 Å². The first-order valence-electron chi connectivity index (χ1n) is 12.0. The van der Waals surface area contributed by atoms with Crippen molar-refractivity contribution in [3.05, 3.63) is 124 Å². The van der Waals surface area contributed by atoms with Crippen LogP contribution in [0.3, 0.4) is 0 Å². The summed E-state index contributed by atoms with van der Waals surface area (Å²) in [5, 5.41) is 5.96. The van der Waals surface area contributed by atoms with Crippen molar-refractivity contribution in [3.63, 3.8) is 0 Å². The van der Waals surface area contributed by atoms with Gasteiger partial charge in [-0.2, -0.15) is 0 Å². The summed E-state index contributed by atoms with van der Waals surface area (Å²) in [6.45, 7) is 0. The van der Waals surface area contributed by atoms with E-state index in [0.29, 0.717) is 17.1 Å². The van der Waals surface area contributed by atoms with E-state index in [2.05, 4.69) is 16.0 Å². The van der Waals surface area contributed by atoms with Crippen molar-refractivity contribution in [3.8, 4) is 0 Å². The van der Waals surface area contributed by atoms with Gasteiger partial charge in [0.15, 0.2) is 0 Å². The molecular formula is C30H18Cl3N3O6. The Morgan fingerprint density at radius 1 is 0.357 bits per heavy atom. The van der Waals surface area contributed by atoms with Gasteiger partial charge >= 0.3 is 0 Å². The van der Waals surface area contributed by atoms with Gasteiger partial charge in [-0.1, -0.05) is 0 Å². The minimum absolute atomic E-state index is 0.0172. The van der Waals surface area contributed by atoms with Gasteiger partial charge in [-0.25, -0.2) is 0 Å². The van der Waals surface area contributed by atoms with E-state index in [4.69, 9.17) is 34.8 Å². The van der Waals surface area contributed by atoms with Crippen LogP contribution in [0, 0.1) is 0 Å². The van der Waals surface area contributed by atoms with Crippen molar-refractivity contribution in [1.29, 1.82) is 0 Å². The molecule has 4 rings (SSSR count). The summed E-state index contributed by atoms with van der Waals surface area (Å²) in [5.41, 5.74) is 1.67. The zero-order valence-electron chi connectivity index (χ0n) is 21.2. The summed E-state index contributed by atoms with van der Waals surface area (Å²) in [6.07, 6.45) is 0. The van der Waals surface area contributed by atoms with E-state index in [-0.39, 0.29) is 33.4 Å². The molecule has 3 amide bonds. The number of nitrogens with one attached hydrogen (secondary N) is 3. The Morgan fingerprint density at radius 3 is 0.762 bits per heavy atom. The van der Waals surface area contributed by atoms with Crippen LogP contribution in [0.4, 0.5) is 17.1 Å². The molecule has 0 atom stereocenters. The Labute approximate surface area is 253 Å². The van der Waals surface area contributed by atoms with Crippen LogP contribution in [0.2, 0.25) is 0 Å². The van der Waals surface area contributed by atoms with Crippen LogP contribution in [0.5, 0.6) is 0 Å². The van der Waals surface area contributed by atoms with Crippen LogP contribution in [0.25, 0.3) is 0 Å². The van der Waals surface area contributed by atoms with Gasteiger partial charge in [0.1, 0.15) is 0 Å². The second kappa shape index (κ2) is 13.2. The quantitative estimate of drug-likeness (QED) is 0.180. The van der Waals surface area contributed by atoms with Crippen molar-refractivity contribution in [2.45, 2.75) is 0 Å². The number of hydrogen-bond acceptors (Lipinski definition) is 6. The first-order valence-corrected chi connectivity index (χ1v) is 13.1. The normalized spacial score (nSPS) is 10.4. The molecule has 12 heteroatoms. The lowest BCUT2D eigenvalue weighted by atomic mass is 10.0. The lowest BCUT2D eigenvalue weighted by Crippen LogP contribution is -2.19. The second-order valence-electron chi connectivity index (χ2n) is 8.71. The summed E-state index contributed by atoms with van der Waals surface area (Å²) in [4.78, 5) is 73.4. The number of anilines is 3. The molecule has 4 aromatic rings. The Balaban J connectivity index is 1.63. The molecule has 0 aliphatic rings. The molecule has 0 aliphatic carbocycles. The van der Waals surface area contributed by atoms with Gasteiger partial charge in [0.25, 0.3) is 33.4 Å². The van der Waals surface area contributed by atoms with Gasteiger partial charge in [0, 0.05) is 50.4 Å². The number of rotatable bonds is 9. The molecule has 42 heavy (non-hydrogen) atoms. The largest absolute Gasteiger partial charge is 0.322 e. The van der Waals surface area contributed by atoms with Gasteiger partial charge < -0.3 is 16.0 Å². The summed E-state index contributed by atoms with van der Waals surface area (Å²) in [5.74, 6) is -1.92. The van der Waals surface area contributed by atoms with Crippen molar-refractivity contribution < 1.29 is 28.8 Å². The highest BCUT2D eigenvalue weighted by atomic mass is 35.5. The molecule has 9 nitrogen and oxygen atoms in total. The SMILES string of the molecule is O=C(Cl)c1ccc(NC(=O)c2cc(C(=O)Nc3ccc(C(=O)Cl)cc3)cc(C(=O)Nc3ccc(C(=O)Cl)cc3)c2)cc1. The first kappa shape index (κ1) is 30.1. The maximum Gasteiger partial charge on any atom is 0.255 e. The average Bonchev–Trinajstić information content (AvgIpc) is 2.97. The van der Waals surface area contributed by atoms with E-state index in [0.717, 1.165) is 0 Å². The zero-order valence-corrected chi connectivity index (χ0v) is 23.5. The molecule has 0 unspecified atom stereocenters. The van der Waals surface area contributed by atoms with Crippen molar-refractivity contribution in [2.24, 2.45) is 0 Å². The van der Waals surface area contributed by atoms with Crippen LogP contribution >= 0.6 is 34.8 Å². The van der Waals surface area contributed by atoms with E-state index in [1.807, 2.05) is 0 Å². The van der Waals surface area contributed by atoms with Gasteiger partial charge in [0.05, 0.1) is 0 Å². The summed E-state index contributed by atoms with van der Waals surface area (Å²) >= 11 is 16.4. The fourth-order valence-electron chi connectivity index (χ4n) is 3.68. The maximum atomic E-state index is 13.1. The highest BCUT2D eigenvalue weighted by Gasteiger charge is 2.18. The smallest absolute Gasteiger partial charge is 0.255 e. The van der Waals surface area contributed by atoms with Crippen LogP contribution in [0.15, 0.2) is 91.0 Å². The fraction of sp³-hybridized carbons (Fsp3) is 0. The fourth-order valence-corrected chi connectivity index (χ4v) is 4.06. The van der Waals surface area contributed by atoms with Crippen LogP contribution < -0.4 is 16.0 Å². The lowest BCUT2D eigenvalue weighted by Gasteiger charge is -2.12. The van der Waals surface area contributed by atoms with Crippen LogP contribution in [0.1, 0.15) is 62.1 Å². The molecule has 0 aromatic heterocycles. The predicted octanol–water partition coefficient (Wildman–Crippen LogP) is 6.58. The van der Waals surface area contributed by atoms with Crippen LogP contribution in [-0.2, 0) is 0 Å². The van der Waals surface area contributed by atoms with Crippen molar-refractivity contribution >= 4 is 85.3 Å². The van der Waals surface area contributed by atoms with E-state index < -0.39 is 33.4 Å². The van der Waals surface area contributed by atoms with Crippen molar-refractivity contribution in [1.82, 2.24) is 0 Å². The second-order valence-corrected chi connectivity index (χ2v) is 9.74. The molecule has 4 aromatic carbocycles. The highest BCUT2D eigenvalue weighted by Crippen LogP contribution is 2.19. The van der Waals surface area contributed by atoms with Gasteiger partial charge in [-0.05, 0) is 126 Å². The van der Waals surface area contributed by atoms with Gasteiger partial charge in [-0.3, -0.25) is 28.8 Å². The molecule has 0 saturated heterocycles. The number of hydrogen-bond donors (Lipinski definition) is 3. The third-order valence-electron chi connectivity index (χ3n) is 5.83. The number of halogens is 3. The third kappa shape index (κ3) is 7.67. The van der Waals surface area contributed by atoms with Gasteiger partial charge in [0.2, 0.25) is 0 Å². The Morgan fingerprint density at radius 2 is 0.571 bits per heavy atom. The maximum absolute atomic E-state index is 13.1. The summed E-state index contributed by atoms with van der Waals surface area (Å²) in [6, 6.07) is 21.3. The Hall–Kier alpha value is -4.83. The minimum atomic E-state index is -0.657. The molecule has 0 heterocycles. The molecule has 0 fully saturated rings. The van der Waals surface area contributed by atoms with E-state index in [9.17, 15) is 28.8 Å². The Kier molecular flexibility index (Phi) is 9.49. The zero-order chi connectivity index (χ0) is 30.4. The lowest BCUT2D eigenvalue weighted by molar-refractivity contribution is 0.102. The minimum Gasteiger partial charge on any atom is -0.322 e. The third-order valence-corrected chi connectivity index (χ3v) is 6.48. The number of carbonyl (C=O) groups excluding carboxylic acids is 6. The number of amides is 3. The van der Waals surface area contributed by atoms with Crippen LogP contribution in [-0.4, -0.2) is 33.4 Å². The molecule has 3 N–H and O–H groups in total. The molecule has 0 spiro atoms. The van der Waals surface area contributed by atoms with E-state index >= 15 is 0 Å². The molecule has 0 bridgehead atoms.